The summed E-state index contributed by atoms with van der Waals surface area (Å²) in [7, 11) is -1.82. The molecule has 0 radical (unpaired) electrons. The van der Waals surface area contributed by atoms with Gasteiger partial charge in [-0.3, -0.25) is 4.72 Å². The minimum atomic E-state index is -3.75. The molecule has 3 aromatic rings. The first-order chi connectivity index (χ1) is 13.5. The van der Waals surface area contributed by atoms with Crippen molar-refractivity contribution in [3.63, 3.8) is 0 Å². The Morgan fingerprint density at radius 1 is 0.862 bits per heavy atom. The third-order valence-electron chi connectivity index (χ3n) is 5.49. The second kappa shape index (κ2) is 7.86. The van der Waals surface area contributed by atoms with Crippen LogP contribution in [-0.2, 0) is 17.1 Å². The van der Waals surface area contributed by atoms with E-state index >= 15 is 0 Å². The van der Waals surface area contributed by atoms with E-state index in [2.05, 4.69) is 58.4 Å². The van der Waals surface area contributed by atoms with Crippen molar-refractivity contribution in [3.8, 4) is 0 Å². The van der Waals surface area contributed by atoms with Crippen molar-refractivity contribution in [3.05, 3.63) is 59.3 Å². The molecule has 2 aromatic carbocycles. The van der Waals surface area contributed by atoms with Crippen LogP contribution in [0.3, 0.4) is 0 Å². The number of aryl methyl sites for hydroxylation is 1. The quantitative estimate of drug-likeness (QED) is 0.513. The van der Waals surface area contributed by atoms with Crippen LogP contribution in [0, 0.1) is 0 Å². The number of rotatable bonds is 6. The fourth-order valence-electron chi connectivity index (χ4n) is 3.82. The summed E-state index contributed by atoms with van der Waals surface area (Å²) in [5, 5.41) is 0.898. The Hall–Kier alpha value is -2.27. The molecule has 0 saturated heterocycles. The number of anilines is 1. The summed E-state index contributed by atoms with van der Waals surface area (Å²) in [4.78, 5) is 0.430. The first-order valence-electron chi connectivity index (χ1n) is 10.3. The molecule has 1 heterocycles. The summed E-state index contributed by atoms with van der Waals surface area (Å²) >= 11 is 0. The Morgan fingerprint density at radius 3 is 1.93 bits per heavy atom. The highest BCUT2D eigenvalue weighted by Crippen LogP contribution is 2.37. The van der Waals surface area contributed by atoms with Crippen LogP contribution in [0.1, 0.15) is 76.0 Å². The van der Waals surface area contributed by atoms with Gasteiger partial charge in [-0.1, -0.05) is 71.9 Å². The number of nitrogens with one attached hydrogen (secondary N) is 1. The number of hydrogen-bond donors (Lipinski definition) is 1. The van der Waals surface area contributed by atoms with Gasteiger partial charge in [-0.2, -0.15) is 0 Å². The highest BCUT2D eigenvalue weighted by atomic mass is 32.2. The molecule has 4 nitrogen and oxygen atoms in total. The van der Waals surface area contributed by atoms with Gasteiger partial charge < -0.3 is 4.57 Å². The molecular weight excluding hydrogens is 380 g/mol. The van der Waals surface area contributed by atoms with Crippen LogP contribution in [0.25, 0.3) is 10.9 Å². The molecule has 156 valence electrons. The molecule has 29 heavy (non-hydrogen) atoms. The molecule has 0 aliphatic heterocycles. The van der Waals surface area contributed by atoms with E-state index in [0.29, 0.717) is 16.5 Å². The van der Waals surface area contributed by atoms with Crippen LogP contribution in [0.4, 0.5) is 5.69 Å². The summed E-state index contributed by atoms with van der Waals surface area (Å²) in [5.74, 6) is 0.545. The fourth-order valence-corrected chi connectivity index (χ4v) is 5.58. The van der Waals surface area contributed by atoms with E-state index in [1.165, 1.54) is 5.56 Å². The molecule has 1 aromatic heterocycles. The third-order valence-corrected chi connectivity index (χ3v) is 6.99. The summed E-state index contributed by atoms with van der Waals surface area (Å²) in [6, 6.07) is 12.0. The lowest BCUT2D eigenvalue weighted by Gasteiger charge is -2.23. The van der Waals surface area contributed by atoms with Gasteiger partial charge >= 0.3 is 0 Å². The van der Waals surface area contributed by atoms with Crippen molar-refractivity contribution >= 4 is 26.6 Å². The topological polar surface area (TPSA) is 51.1 Å². The smallest absolute Gasteiger partial charge is 0.262 e. The molecular formula is C24H32N2O2S. The molecule has 0 spiro atoms. The monoisotopic (exact) mass is 412 g/mol. The zero-order valence-electron chi connectivity index (χ0n) is 18.4. The zero-order chi connectivity index (χ0) is 21.5. The van der Waals surface area contributed by atoms with Gasteiger partial charge in [0.15, 0.2) is 0 Å². The van der Waals surface area contributed by atoms with Gasteiger partial charge in [-0.25, -0.2) is 8.42 Å². The average molecular weight is 413 g/mol. The maximum absolute atomic E-state index is 13.7. The summed E-state index contributed by atoms with van der Waals surface area (Å²) in [6.07, 6.45) is 1.84. The van der Waals surface area contributed by atoms with E-state index in [1.54, 1.807) is 0 Å². The predicted molar refractivity (Wildman–Crippen MR) is 122 cm³/mol. The number of nitrogens with zero attached hydrogens (tertiary/aromatic N) is 1. The third kappa shape index (κ3) is 4.06. The average Bonchev–Trinajstić information content (AvgIpc) is 2.95. The van der Waals surface area contributed by atoms with E-state index in [-0.39, 0.29) is 11.8 Å². The SMILES string of the molecule is CC(C)c1cc(C(C)C)c(S(=O)(=O)Nc2cn(C)c3ccccc23)c(C(C)C)c1. The summed E-state index contributed by atoms with van der Waals surface area (Å²) < 4.78 is 32.2. The highest BCUT2D eigenvalue weighted by Gasteiger charge is 2.27. The zero-order valence-corrected chi connectivity index (χ0v) is 19.3. The van der Waals surface area contributed by atoms with Crippen LogP contribution in [0.2, 0.25) is 0 Å². The van der Waals surface area contributed by atoms with Crippen LogP contribution >= 0.6 is 0 Å². The Morgan fingerprint density at radius 2 is 1.41 bits per heavy atom. The van der Waals surface area contributed by atoms with E-state index in [0.717, 1.165) is 22.0 Å². The Balaban J connectivity index is 2.22. The van der Waals surface area contributed by atoms with E-state index < -0.39 is 10.0 Å². The van der Waals surface area contributed by atoms with Crippen molar-refractivity contribution in [2.45, 2.75) is 64.2 Å². The molecule has 0 atom stereocenters. The van der Waals surface area contributed by atoms with Gasteiger partial charge in [0.05, 0.1) is 10.6 Å². The normalized spacial score (nSPS) is 12.5. The van der Waals surface area contributed by atoms with Crippen LogP contribution < -0.4 is 4.72 Å². The number of aromatic nitrogens is 1. The Kier molecular flexibility index (Phi) is 5.81. The van der Waals surface area contributed by atoms with E-state index in [9.17, 15) is 8.42 Å². The van der Waals surface area contributed by atoms with Gasteiger partial charge in [0.25, 0.3) is 10.0 Å². The van der Waals surface area contributed by atoms with Gasteiger partial charge in [-0.05, 0) is 40.5 Å². The molecule has 1 N–H and O–H groups in total. The first kappa shape index (κ1) is 21.4. The van der Waals surface area contributed by atoms with Crippen LogP contribution in [0.15, 0.2) is 47.5 Å². The minimum absolute atomic E-state index is 0.102. The Labute approximate surface area is 175 Å². The molecule has 0 saturated carbocycles. The lowest BCUT2D eigenvalue weighted by molar-refractivity contribution is 0.595. The van der Waals surface area contributed by atoms with Gasteiger partial charge in [-0.15, -0.1) is 0 Å². The van der Waals surface area contributed by atoms with E-state index in [1.807, 2.05) is 42.1 Å². The summed E-state index contributed by atoms with van der Waals surface area (Å²) in [5.41, 5.74) is 4.55. The molecule has 0 fully saturated rings. The number of benzene rings is 2. The first-order valence-corrected chi connectivity index (χ1v) is 11.8. The number of para-hydroxylation sites is 1. The molecule has 3 rings (SSSR count). The van der Waals surface area contributed by atoms with Gasteiger partial charge in [0, 0.05) is 24.1 Å². The lowest BCUT2D eigenvalue weighted by atomic mass is 9.89. The van der Waals surface area contributed by atoms with Crippen LogP contribution in [0.5, 0.6) is 0 Å². The standard InChI is InChI=1S/C24H32N2O2S/c1-15(2)18-12-20(16(3)4)24(21(13-18)17(5)6)29(27,28)25-22-14-26(7)23-11-9-8-10-19(22)23/h8-17,25H,1-7H3. The van der Waals surface area contributed by atoms with E-state index in [4.69, 9.17) is 0 Å². The number of hydrogen-bond acceptors (Lipinski definition) is 2. The largest absolute Gasteiger partial charge is 0.348 e. The highest BCUT2D eigenvalue weighted by molar-refractivity contribution is 7.92. The number of fused-ring (bicyclic) bond motifs is 1. The van der Waals surface area contributed by atoms with Gasteiger partial charge in [0.2, 0.25) is 0 Å². The van der Waals surface area contributed by atoms with Crippen LogP contribution in [-0.4, -0.2) is 13.0 Å². The fraction of sp³-hybridized carbons (Fsp3) is 0.417. The summed E-state index contributed by atoms with van der Waals surface area (Å²) in [6.45, 7) is 12.5. The van der Waals surface area contributed by atoms with Crippen molar-refractivity contribution in [2.24, 2.45) is 7.05 Å². The van der Waals surface area contributed by atoms with Crippen molar-refractivity contribution in [1.29, 1.82) is 0 Å². The second-order valence-electron chi connectivity index (χ2n) is 8.77. The maximum atomic E-state index is 13.7. The Bertz CT molecular complexity index is 1110. The minimum Gasteiger partial charge on any atom is -0.348 e. The number of sulfonamides is 1. The van der Waals surface area contributed by atoms with Crippen molar-refractivity contribution < 1.29 is 8.42 Å². The second-order valence-corrected chi connectivity index (χ2v) is 10.4. The molecule has 5 heteroatoms. The predicted octanol–water partition coefficient (Wildman–Crippen LogP) is 6.35. The van der Waals surface area contributed by atoms with Crippen molar-refractivity contribution in [1.82, 2.24) is 4.57 Å². The van der Waals surface area contributed by atoms with Crippen molar-refractivity contribution in [2.75, 3.05) is 4.72 Å². The molecule has 0 unspecified atom stereocenters. The molecule has 0 aliphatic rings. The molecule has 0 bridgehead atoms. The lowest BCUT2D eigenvalue weighted by Crippen LogP contribution is -2.19. The van der Waals surface area contributed by atoms with Gasteiger partial charge in [0.1, 0.15) is 0 Å². The maximum Gasteiger partial charge on any atom is 0.262 e. The molecule has 0 aliphatic carbocycles. The molecule has 0 amide bonds.